The van der Waals surface area contributed by atoms with Crippen LogP contribution in [0.15, 0.2) is 30.3 Å². The Bertz CT molecular complexity index is 343. The molecule has 1 heteroatoms. The lowest BCUT2D eigenvalue weighted by Crippen LogP contribution is -2.02. The molecule has 3 atom stereocenters. The van der Waals surface area contributed by atoms with Gasteiger partial charge in [-0.2, -0.15) is 0 Å². The second-order valence-corrected chi connectivity index (χ2v) is 5.96. The van der Waals surface area contributed by atoms with Crippen molar-refractivity contribution in [3.63, 3.8) is 0 Å². The normalized spacial score (nSPS) is 38.3. The van der Waals surface area contributed by atoms with Crippen molar-refractivity contribution in [1.29, 1.82) is 0 Å². The fourth-order valence-corrected chi connectivity index (χ4v) is 4.11. The smallest absolute Gasteiger partial charge is 0.0757 e. The van der Waals surface area contributed by atoms with Crippen molar-refractivity contribution in [3.8, 4) is 0 Å². The molecule has 0 nitrogen and oxygen atoms in total. The molecule has 2 saturated carbocycles. The van der Waals surface area contributed by atoms with Crippen molar-refractivity contribution in [1.82, 2.24) is 0 Å². The van der Waals surface area contributed by atoms with Crippen molar-refractivity contribution < 1.29 is 0 Å². The minimum absolute atomic E-state index is 0.00833. The van der Waals surface area contributed by atoms with Crippen LogP contribution in [-0.4, -0.2) is 0 Å². The summed E-state index contributed by atoms with van der Waals surface area (Å²) in [6, 6.07) is 10.7. The van der Waals surface area contributed by atoms with Crippen LogP contribution in [0.1, 0.15) is 44.1 Å². The second kappa shape index (κ2) is 4.07. The fourth-order valence-electron chi connectivity index (χ4n) is 3.53. The Labute approximate surface area is 103 Å². The van der Waals surface area contributed by atoms with Gasteiger partial charge in [-0.3, -0.25) is 0 Å². The van der Waals surface area contributed by atoms with Crippen LogP contribution in [-0.2, 0) is 4.87 Å². The number of hydrogen-bond acceptors (Lipinski definition) is 0. The molecule has 16 heavy (non-hydrogen) atoms. The van der Waals surface area contributed by atoms with Gasteiger partial charge >= 0.3 is 0 Å². The van der Waals surface area contributed by atoms with Gasteiger partial charge in [0.05, 0.1) is 4.87 Å². The topological polar surface area (TPSA) is 0 Å². The molecule has 86 valence electrons. The van der Waals surface area contributed by atoms with Crippen LogP contribution in [0.2, 0.25) is 0 Å². The third kappa shape index (κ3) is 1.59. The first kappa shape index (κ1) is 10.7. The van der Waals surface area contributed by atoms with Crippen molar-refractivity contribution in [3.05, 3.63) is 35.9 Å². The van der Waals surface area contributed by atoms with E-state index in [0.29, 0.717) is 0 Å². The van der Waals surface area contributed by atoms with Crippen molar-refractivity contribution >= 4 is 11.6 Å². The average molecular weight is 235 g/mol. The van der Waals surface area contributed by atoms with Crippen LogP contribution in [0.5, 0.6) is 0 Å². The molecule has 0 aliphatic heterocycles. The highest BCUT2D eigenvalue weighted by atomic mass is 35.5. The summed E-state index contributed by atoms with van der Waals surface area (Å²) in [6.07, 6.45) is 8.24. The minimum atomic E-state index is -0.00833. The van der Waals surface area contributed by atoms with Gasteiger partial charge < -0.3 is 0 Å². The van der Waals surface area contributed by atoms with Crippen LogP contribution in [0.25, 0.3) is 0 Å². The maximum atomic E-state index is 6.89. The highest BCUT2D eigenvalue weighted by Gasteiger charge is 2.63. The predicted molar refractivity (Wildman–Crippen MR) is 68.7 cm³/mol. The molecule has 1 aromatic carbocycles. The summed E-state index contributed by atoms with van der Waals surface area (Å²) in [4.78, 5) is -0.00833. The van der Waals surface area contributed by atoms with Crippen molar-refractivity contribution in [2.75, 3.05) is 0 Å². The highest BCUT2D eigenvalue weighted by molar-refractivity contribution is 6.26. The van der Waals surface area contributed by atoms with Gasteiger partial charge in [0.1, 0.15) is 0 Å². The minimum Gasteiger partial charge on any atom is -0.113 e. The Morgan fingerprint density at radius 3 is 2.00 bits per heavy atom. The number of rotatable bonds is 1. The maximum Gasteiger partial charge on any atom is 0.0757 e. The fraction of sp³-hybridized carbons (Fsp3) is 0.600. The molecule has 2 fully saturated rings. The van der Waals surface area contributed by atoms with Crippen LogP contribution in [0, 0.1) is 11.8 Å². The molecule has 1 aromatic rings. The first-order valence-corrected chi connectivity index (χ1v) is 6.95. The number of hydrogen-bond donors (Lipinski definition) is 0. The maximum absolute atomic E-state index is 6.89. The van der Waals surface area contributed by atoms with Crippen molar-refractivity contribution in [2.45, 2.75) is 43.4 Å². The molecule has 0 aromatic heterocycles. The number of benzene rings is 1. The zero-order chi connectivity index (χ0) is 11.0. The third-order valence-corrected chi connectivity index (χ3v) is 5.23. The largest absolute Gasteiger partial charge is 0.113 e. The number of halogens is 1. The van der Waals surface area contributed by atoms with Gasteiger partial charge in [0.2, 0.25) is 0 Å². The molecule has 1 unspecified atom stereocenters. The molecular weight excluding hydrogens is 216 g/mol. The Hall–Kier alpha value is -0.490. The van der Waals surface area contributed by atoms with Gasteiger partial charge in [0.15, 0.2) is 0 Å². The van der Waals surface area contributed by atoms with E-state index in [-0.39, 0.29) is 4.87 Å². The van der Waals surface area contributed by atoms with E-state index in [1.54, 1.807) is 0 Å². The lowest BCUT2D eigenvalue weighted by atomic mass is 10.0. The Balaban J connectivity index is 1.84. The molecule has 0 saturated heterocycles. The first-order valence-electron chi connectivity index (χ1n) is 6.58. The molecule has 0 radical (unpaired) electrons. The van der Waals surface area contributed by atoms with E-state index in [9.17, 15) is 0 Å². The summed E-state index contributed by atoms with van der Waals surface area (Å²) in [7, 11) is 0. The van der Waals surface area contributed by atoms with E-state index in [1.165, 1.54) is 44.1 Å². The second-order valence-electron chi connectivity index (χ2n) is 5.34. The molecule has 0 bridgehead atoms. The monoisotopic (exact) mass is 234 g/mol. The van der Waals surface area contributed by atoms with Gasteiger partial charge in [-0.15, -0.1) is 11.6 Å². The highest BCUT2D eigenvalue weighted by Crippen LogP contribution is 2.67. The average Bonchev–Trinajstić information content (AvgIpc) is 2.83. The van der Waals surface area contributed by atoms with E-state index in [1.807, 2.05) is 0 Å². The predicted octanol–water partition coefficient (Wildman–Crippen LogP) is 4.72. The summed E-state index contributed by atoms with van der Waals surface area (Å²) in [5.41, 5.74) is 1.36. The zero-order valence-electron chi connectivity index (χ0n) is 9.66. The number of fused-ring (bicyclic) bond motifs is 1. The lowest BCUT2D eigenvalue weighted by molar-refractivity contribution is 0.485. The van der Waals surface area contributed by atoms with Gasteiger partial charge in [0, 0.05) is 0 Å². The molecule has 0 spiro atoms. The number of alkyl halides is 1. The molecule has 2 aliphatic carbocycles. The molecular formula is C15H19Cl. The van der Waals surface area contributed by atoms with Gasteiger partial charge in [-0.1, -0.05) is 56.0 Å². The SMILES string of the molecule is ClC1(c2ccccc2)[C@@H]2CCCCCC[C@@H]21. The van der Waals surface area contributed by atoms with Gasteiger partial charge in [0.25, 0.3) is 0 Å². The lowest BCUT2D eigenvalue weighted by Gasteiger charge is -2.09. The van der Waals surface area contributed by atoms with Crippen LogP contribution in [0.4, 0.5) is 0 Å². The molecule has 0 amide bonds. The third-order valence-electron chi connectivity index (χ3n) is 4.45. The summed E-state index contributed by atoms with van der Waals surface area (Å²) in [6.45, 7) is 0. The van der Waals surface area contributed by atoms with Crippen LogP contribution in [0.3, 0.4) is 0 Å². The van der Waals surface area contributed by atoms with Crippen molar-refractivity contribution in [2.24, 2.45) is 11.8 Å². The van der Waals surface area contributed by atoms with Gasteiger partial charge in [-0.25, -0.2) is 0 Å². The standard InChI is InChI=1S/C15H19Cl/c16-15(12-8-4-3-5-9-12)13-10-6-1-2-7-11-14(13)15/h3-5,8-9,13-14H,1-2,6-7,10-11H2/t13-,14+,15?. The van der Waals surface area contributed by atoms with E-state index in [4.69, 9.17) is 11.6 Å². The van der Waals surface area contributed by atoms with E-state index in [2.05, 4.69) is 30.3 Å². The molecule has 2 aliphatic rings. The molecule has 0 heterocycles. The van der Waals surface area contributed by atoms with E-state index < -0.39 is 0 Å². The Kier molecular flexibility index (Phi) is 2.71. The summed E-state index contributed by atoms with van der Waals surface area (Å²) in [5, 5.41) is 0. The quantitative estimate of drug-likeness (QED) is 0.617. The summed E-state index contributed by atoms with van der Waals surface area (Å²) in [5.74, 6) is 1.49. The molecule has 0 N–H and O–H groups in total. The molecule has 3 rings (SSSR count). The van der Waals surface area contributed by atoms with Gasteiger partial charge in [-0.05, 0) is 30.2 Å². The Morgan fingerprint density at radius 1 is 0.875 bits per heavy atom. The summed E-state index contributed by atoms with van der Waals surface area (Å²) < 4.78 is 0. The van der Waals surface area contributed by atoms with Crippen LogP contribution < -0.4 is 0 Å². The van der Waals surface area contributed by atoms with Crippen LogP contribution >= 0.6 is 11.6 Å². The van der Waals surface area contributed by atoms with E-state index in [0.717, 1.165) is 11.8 Å². The zero-order valence-corrected chi connectivity index (χ0v) is 10.4. The first-order chi connectivity index (χ1) is 7.83. The van der Waals surface area contributed by atoms with E-state index >= 15 is 0 Å². The summed E-state index contributed by atoms with van der Waals surface area (Å²) >= 11 is 6.89. The Morgan fingerprint density at radius 2 is 1.44 bits per heavy atom.